The minimum atomic E-state index is 0.544. The molecule has 0 saturated carbocycles. The fraction of sp³-hybridized carbons (Fsp3) is 0.267. The first-order valence-corrected chi connectivity index (χ1v) is 7.93. The lowest BCUT2D eigenvalue weighted by Crippen LogP contribution is -2.22. The topological polar surface area (TPSA) is 24.9 Å². The van der Waals surface area contributed by atoms with Gasteiger partial charge in [-0.15, -0.1) is 11.8 Å². The summed E-state index contributed by atoms with van der Waals surface area (Å²) in [5.74, 6) is 0. The van der Waals surface area contributed by atoms with E-state index >= 15 is 0 Å². The molecule has 4 heteroatoms. The highest BCUT2D eigenvalue weighted by molar-refractivity contribution is 9.10. The molecule has 1 aromatic carbocycles. The second kappa shape index (κ2) is 7.68. The predicted molar refractivity (Wildman–Crippen MR) is 85.4 cm³/mol. The quantitative estimate of drug-likeness (QED) is 0.803. The van der Waals surface area contributed by atoms with E-state index in [0.29, 0.717) is 5.25 Å². The molecule has 0 fully saturated rings. The maximum atomic E-state index is 4.02. The van der Waals surface area contributed by atoms with Gasteiger partial charge in [0.2, 0.25) is 0 Å². The van der Waals surface area contributed by atoms with Gasteiger partial charge in [-0.2, -0.15) is 0 Å². The van der Waals surface area contributed by atoms with Crippen LogP contribution in [0.15, 0.2) is 58.2 Å². The van der Waals surface area contributed by atoms with E-state index in [0.717, 1.165) is 17.6 Å². The summed E-state index contributed by atoms with van der Waals surface area (Å²) in [6, 6.07) is 12.5. The third-order valence-corrected chi connectivity index (χ3v) is 4.30. The monoisotopic (exact) mass is 336 g/mol. The first kappa shape index (κ1) is 14.6. The van der Waals surface area contributed by atoms with Crippen molar-refractivity contribution in [3.05, 3.63) is 58.8 Å². The van der Waals surface area contributed by atoms with Crippen molar-refractivity contribution in [3.63, 3.8) is 0 Å². The highest BCUT2D eigenvalue weighted by Crippen LogP contribution is 2.24. The Labute approximate surface area is 127 Å². The maximum absolute atomic E-state index is 4.02. The lowest BCUT2D eigenvalue weighted by atomic mass is 10.3. The van der Waals surface area contributed by atoms with Crippen molar-refractivity contribution < 1.29 is 0 Å². The third-order valence-electron chi connectivity index (χ3n) is 2.66. The number of halogens is 1. The molecular formula is C15H17BrN2S. The van der Waals surface area contributed by atoms with Gasteiger partial charge in [0.05, 0.1) is 0 Å². The molecule has 1 heterocycles. The molecule has 1 aromatic heterocycles. The van der Waals surface area contributed by atoms with Crippen LogP contribution in [-0.2, 0) is 6.54 Å². The molecular weight excluding hydrogens is 320 g/mol. The van der Waals surface area contributed by atoms with E-state index in [1.54, 1.807) is 0 Å². The third kappa shape index (κ3) is 5.35. The first-order valence-electron chi connectivity index (χ1n) is 6.26. The van der Waals surface area contributed by atoms with Crippen LogP contribution in [0, 0.1) is 0 Å². The Hall–Kier alpha value is -0.840. The minimum absolute atomic E-state index is 0.544. The summed E-state index contributed by atoms with van der Waals surface area (Å²) in [5.41, 5.74) is 1.27. The Morgan fingerprint density at radius 2 is 1.84 bits per heavy atom. The number of nitrogens with one attached hydrogen (secondary N) is 1. The largest absolute Gasteiger partial charge is 0.312 e. The van der Waals surface area contributed by atoms with E-state index < -0.39 is 0 Å². The fourth-order valence-electron chi connectivity index (χ4n) is 1.71. The molecule has 0 amide bonds. The number of hydrogen-bond acceptors (Lipinski definition) is 3. The molecule has 19 heavy (non-hydrogen) atoms. The van der Waals surface area contributed by atoms with Crippen LogP contribution in [0.2, 0.25) is 0 Å². The van der Waals surface area contributed by atoms with Crippen molar-refractivity contribution in [2.45, 2.75) is 23.6 Å². The average Bonchev–Trinajstić information content (AvgIpc) is 2.43. The Bertz CT molecular complexity index is 487. The molecule has 0 bridgehead atoms. The van der Waals surface area contributed by atoms with Crippen LogP contribution >= 0.6 is 27.7 Å². The van der Waals surface area contributed by atoms with Crippen molar-refractivity contribution in [3.8, 4) is 0 Å². The van der Waals surface area contributed by atoms with Gasteiger partial charge in [-0.1, -0.05) is 22.9 Å². The first-order chi connectivity index (χ1) is 9.24. The van der Waals surface area contributed by atoms with E-state index in [4.69, 9.17) is 0 Å². The summed E-state index contributed by atoms with van der Waals surface area (Å²) in [7, 11) is 0. The van der Waals surface area contributed by atoms with E-state index in [-0.39, 0.29) is 0 Å². The molecule has 0 aliphatic carbocycles. The second-order valence-electron chi connectivity index (χ2n) is 4.37. The molecule has 2 nitrogen and oxygen atoms in total. The van der Waals surface area contributed by atoms with E-state index in [1.807, 2.05) is 36.3 Å². The molecule has 0 aliphatic heterocycles. The van der Waals surface area contributed by atoms with E-state index in [9.17, 15) is 0 Å². The smallest absolute Gasteiger partial charge is 0.0271 e. The summed E-state index contributed by atoms with van der Waals surface area (Å²) in [6.45, 7) is 4.13. The van der Waals surface area contributed by atoms with Crippen LogP contribution in [0.4, 0.5) is 0 Å². The molecule has 1 atom stereocenters. The highest BCUT2D eigenvalue weighted by Gasteiger charge is 2.04. The van der Waals surface area contributed by atoms with Crippen LogP contribution in [0.3, 0.4) is 0 Å². The van der Waals surface area contributed by atoms with E-state index in [1.165, 1.54) is 10.5 Å². The van der Waals surface area contributed by atoms with Gasteiger partial charge in [0, 0.05) is 40.1 Å². The SMILES string of the molecule is CC(CNCc1ccncc1)Sc1ccc(Br)cc1. The van der Waals surface area contributed by atoms with Crippen molar-refractivity contribution in [2.24, 2.45) is 0 Å². The van der Waals surface area contributed by atoms with Crippen molar-refractivity contribution in [1.82, 2.24) is 10.3 Å². The number of nitrogens with zero attached hydrogens (tertiary/aromatic N) is 1. The molecule has 0 aliphatic rings. The van der Waals surface area contributed by atoms with Gasteiger partial charge in [-0.3, -0.25) is 4.98 Å². The zero-order valence-corrected chi connectivity index (χ0v) is 13.2. The summed E-state index contributed by atoms with van der Waals surface area (Å²) in [4.78, 5) is 5.32. The predicted octanol–water partition coefficient (Wildman–Crippen LogP) is 4.11. The lowest BCUT2D eigenvalue weighted by molar-refractivity contribution is 0.683. The standard InChI is InChI=1S/C15H17BrN2S/c1-12(19-15-4-2-14(16)3-5-15)10-18-11-13-6-8-17-9-7-13/h2-9,12,18H,10-11H2,1H3. The Morgan fingerprint density at radius 3 is 2.53 bits per heavy atom. The number of pyridine rings is 1. The Kier molecular flexibility index (Phi) is 5.89. The van der Waals surface area contributed by atoms with Crippen LogP contribution in [-0.4, -0.2) is 16.8 Å². The van der Waals surface area contributed by atoms with Crippen LogP contribution in [0.1, 0.15) is 12.5 Å². The van der Waals surface area contributed by atoms with Gasteiger partial charge in [0.1, 0.15) is 0 Å². The molecule has 1 N–H and O–H groups in total. The summed E-state index contributed by atoms with van der Waals surface area (Å²) >= 11 is 5.34. The summed E-state index contributed by atoms with van der Waals surface area (Å²) < 4.78 is 1.13. The van der Waals surface area contributed by atoms with Crippen LogP contribution in [0.25, 0.3) is 0 Å². The summed E-state index contributed by atoms with van der Waals surface area (Å²) in [6.07, 6.45) is 3.66. The van der Waals surface area contributed by atoms with Crippen molar-refractivity contribution in [1.29, 1.82) is 0 Å². The zero-order valence-electron chi connectivity index (χ0n) is 10.8. The van der Waals surface area contributed by atoms with Gasteiger partial charge in [-0.05, 0) is 42.0 Å². The average molecular weight is 337 g/mol. The summed E-state index contributed by atoms with van der Waals surface area (Å²) in [5, 5.41) is 4.02. The van der Waals surface area contributed by atoms with Crippen molar-refractivity contribution in [2.75, 3.05) is 6.54 Å². The van der Waals surface area contributed by atoms with Gasteiger partial charge in [0.25, 0.3) is 0 Å². The number of rotatable bonds is 6. The number of thioether (sulfide) groups is 1. The minimum Gasteiger partial charge on any atom is -0.312 e. The molecule has 2 aromatic rings. The molecule has 0 radical (unpaired) electrons. The van der Waals surface area contributed by atoms with Gasteiger partial charge in [-0.25, -0.2) is 0 Å². The maximum Gasteiger partial charge on any atom is 0.0271 e. The number of hydrogen-bond donors (Lipinski definition) is 1. The van der Waals surface area contributed by atoms with Gasteiger partial charge >= 0.3 is 0 Å². The fourth-order valence-corrected chi connectivity index (χ4v) is 2.93. The highest BCUT2D eigenvalue weighted by atomic mass is 79.9. The molecule has 100 valence electrons. The molecule has 2 rings (SSSR count). The van der Waals surface area contributed by atoms with Crippen LogP contribution in [0.5, 0.6) is 0 Å². The lowest BCUT2D eigenvalue weighted by Gasteiger charge is -2.12. The molecule has 0 spiro atoms. The number of aromatic nitrogens is 1. The van der Waals surface area contributed by atoms with Gasteiger partial charge in [0.15, 0.2) is 0 Å². The zero-order chi connectivity index (χ0) is 13.5. The molecule has 1 unspecified atom stereocenters. The second-order valence-corrected chi connectivity index (χ2v) is 6.80. The Morgan fingerprint density at radius 1 is 1.16 bits per heavy atom. The van der Waals surface area contributed by atoms with Gasteiger partial charge < -0.3 is 5.32 Å². The normalized spacial score (nSPS) is 12.3. The van der Waals surface area contributed by atoms with E-state index in [2.05, 4.69) is 57.4 Å². The molecule has 0 saturated heterocycles. The number of benzene rings is 1. The van der Waals surface area contributed by atoms with Crippen LogP contribution < -0.4 is 5.32 Å². The van der Waals surface area contributed by atoms with Crippen molar-refractivity contribution >= 4 is 27.7 Å². The Balaban J connectivity index is 1.73.